The third-order valence-corrected chi connectivity index (χ3v) is 3.92. The highest BCUT2D eigenvalue weighted by Crippen LogP contribution is 2.19. The van der Waals surface area contributed by atoms with Crippen molar-refractivity contribution in [2.75, 3.05) is 12.3 Å². The van der Waals surface area contributed by atoms with E-state index in [-0.39, 0.29) is 16.9 Å². The van der Waals surface area contributed by atoms with Crippen LogP contribution in [0.25, 0.3) is 10.9 Å². The van der Waals surface area contributed by atoms with Crippen LogP contribution in [0.5, 0.6) is 0 Å². The van der Waals surface area contributed by atoms with E-state index in [1.54, 1.807) is 12.3 Å². The van der Waals surface area contributed by atoms with E-state index in [9.17, 15) is 9.59 Å². The molecule has 0 unspecified atom stereocenters. The summed E-state index contributed by atoms with van der Waals surface area (Å²) < 4.78 is 1.90. The molecule has 2 aromatic carbocycles. The molecule has 5 heteroatoms. The molecule has 1 amide bonds. The third kappa shape index (κ3) is 2.88. The normalized spacial score (nSPS) is 10.7. The molecule has 0 spiro atoms. The zero-order valence-corrected chi connectivity index (χ0v) is 13.5. The number of carbonyl (C=O) groups is 1. The van der Waals surface area contributed by atoms with Crippen LogP contribution in [0.4, 0.5) is 5.69 Å². The van der Waals surface area contributed by atoms with Gasteiger partial charge in [0.25, 0.3) is 5.91 Å². The molecule has 3 aromatic rings. The minimum atomic E-state index is -0.380. The Kier molecular flexibility index (Phi) is 4.33. The molecule has 24 heavy (non-hydrogen) atoms. The maximum absolute atomic E-state index is 12.7. The van der Waals surface area contributed by atoms with Crippen molar-refractivity contribution in [1.29, 1.82) is 0 Å². The quantitative estimate of drug-likeness (QED) is 0.724. The van der Waals surface area contributed by atoms with Crippen LogP contribution in [-0.4, -0.2) is 17.0 Å². The summed E-state index contributed by atoms with van der Waals surface area (Å²) >= 11 is 0. The van der Waals surface area contributed by atoms with E-state index in [4.69, 9.17) is 5.73 Å². The number of anilines is 1. The second kappa shape index (κ2) is 6.58. The van der Waals surface area contributed by atoms with Gasteiger partial charge >= 0.3 is 0 Å². The fourth-order valence-electron chi connectivity index (χ4n) is 2.79. The Labute approximate surface area is 139 Å². The highest BCUT2D eigenvalue weighted by Gasteiger charge is 2.16. The highest BCUT2D eigenvalue weighted by atomic mass is 16.2. The molecule has 0 radical (unpaired) electrons. The lowest BCUT2D eigenvalue weighted by Crippen LogP contribution is -2.30. The first-order valence-electron chi connectivity index (χ1n) is 7.85. The van der Waals surface area contributed by atoms with E-state index in [0.29, 0.717) is 24.2 Å². The van der Waals surface area contributed by atoms with Crippen molar-refractivity contribution in [1.82, 2.24) is 9.88 Å². The van der Waals surface area contributed by atoms with Gasteiger partial charge in [-0.2, -0.15) is 0 Å². The Morgan fingerprint density at radius 1 is 1.12 bits per heavy atom. The van der Waals surface area contributed by atoms with Crippen molar-refractivity contribution in [2.45, 2.75) is 13.5 Å². The molecular formula is C19H19N3O2. The maximum atomic E-state index is 12.7. The fourth-order valence-corrected chi connectivity index (χ4v) is 2.79. The number of hydrogen-bond donors (Lipinski definition) is 2. The van der Waals surface area contributed by atoms with Crippen LogP contribution in [0.15, 0.2) is 59.5 Å². The summed E-state index contributed by atoms with van der Waals surface area (Å²) in [7, 11) is 0. The van der Waals surface area contributed by atoms with E-state index in [0.717, 1.165) is 11.1 Å². The molecule has 0 saturated carbocycles. The molecule has 1 aromatic heterocycles. The second-order valence-corrected chi connectivity index (χ2v) is 5.59. The summed E-state index contributed by atoms with van der Waals surface area (Å²) in [5.41, 5.74) is 7.97. The molecule has 0 atom stereocenters. The smallest absolute Gasteiger partial charge is 0.256 e. The van der Waals surface area contributed by atoms with Gasteiger partial charge in [0, 0.05) is 25.0 Å². The summed E-state index contributed by atoms with van der Waals surface area (Å²) in [6.07, 6.45) is 1.61. The lowest BCUT2D eigenvalue weighted by molar-refractivity contribution is 0.0954. The third-order valence-electron chi connectivity index (χ3n) is 3.92. The van der Waals surface area contributed by atoms with Crippen molar-refractivity contribution in [3.63, 3.8) is 0 Å². The zero-order chi connectivity index (χ0) is 17.1. The second-order valence-electron chi connectivity index (χ2n) is 5.59. The van der Waals surface area contributed by atoms with Crippen LogP contribution in [0.2, 0.25) is 0 Å². The molecule has 3 N–H and O–H groups in total. The predicted octanol–water partition coefficient (Wildman–Crippen LogP) is 2.38. The summed E-state index contributed by atoms with van der Waals surface area (Å²) in [5.74, 6) is -0.380. The number of carbonyl (C=O) groups excluding carboxylic acids is 1. The van der Waals surface area contributed by atoms with Gasteiger partial charge in [-0.05, 0) is 24.6 Å². The molecule has 5 nitrogen and oxygen atoms in total. The summed E-state index contributed by atoms with van der Waals surface area (Å²) in [6, 6.07) is 15.2. The van der Waals surface area contributed by atoms with Crippen LogP contribution in [0, 0.1) is 0 Å². The van der Waals surface area contributed by atoms with E-state index < -0.39 is 0 Å². The van der Waals surface area contributed by atoms with Gasteiger partial charge in [-0.1, -0.05) is 36.4 Å². The van der Waals surface area contributed by atoms with Gasteiger partial charge in [-0.15, -0.1) is 0 Å². The van der Waals surface area contributed by atoms with Crippen molar-refractivity contribution >= 4 is 22.5 Å². The van der Waals surface area contributed by atoms with Gasteiger partial charge < -0.3 is 15.6 Å². The van der Waals surface area contributed by atoms with E-state index in [1.807, 2.05) is 54.0 Å². The number of pyridine rings is 1. The standard InChI is InChI=1S/C19H19N3O2/c1-2-21-19(24)14-12-22(11-13-7-4-3-5-8-13)16-10-6-9-15(20)17(16)18(14)23/h3-10,12H,2,11,20H2,1H3,(H,21,24). The molecule has 122 valence electrons. The molecule has 0 saturated heterocycles. The number of rotatable bonds is 4. The number of nitrogens with zero attached hydrogens (tertiary/aromatic N) is 1. The number of benzene rings is 2. The van der Waals surface area contributed by atoms with E-state index in [2.05, 4.69) is 5.32 Å². The Hall–Kier alpha value is -3.08. The Morgan fingerprint density at radius 3 is 2.58 bits per heavy atom. The van der Waals surface area contributed by atoms with Crippen molar-refractivity contribution in [3.05, 3.63) is 76.1 Å². The van der Waals surface area contributed by atoms with Crippen LogP contribution in [-0.2, 0) is 6.54 Å². The van der Waals surface area contributed by atoms with Gasteiger partial charge in [0.2, 0.25) is 5.43 Å². The summed E-state index contributed by atoms with van der Waals surface area (Å²) in [4.78, 5) is 25.0. The molecule has 0 fully saturated rings. The molecular weight excluding hydrogens is 302 g/mol. The molecule has 3 rings (SSSR count). The molecule has 0 bridgehead atoms. The number of nitrogens with two attached hydrogens (primary N) is 1. The van der Waals surface area contributed by atoms with Crippen molar-refractivity contribution in [2.24, 2.45) is 0 Å². The SMILES string of the molecule is CCNC(=O)c1cn(Cc2ccccc2)c2cccc(N)c2c1=O. The zero-order valence-electron chi connectivity index (χ0n) is 13.5. The van der Waals surface area contributed by atoms with Crippen LogP contribution in [0.3, 0.4) is 0 Å². The van der Waals surface area contributed by atoms with E-state index in [1.165, 1.54) is 0 Å². The number of nitrogen functional groups attached to an aromatic ring is 1. The number of aromatic nitrogens is 1. The average molecular weight is 321 g/mol. The Morgan fingerprint density at radius 2 is 1.88 bits per heavy atom. The van der Waals surface area contributed by atoms with Gasteiger partial charge in [-0.3, -0.25) is 9.59 Å². The number of hydrogen-bond acceptors (Lipinski definition) is 3. The van der Waals surface area contributed by atoms with Gasteiger partial charge in [0.15, 0.2) is 0 Å². The lowest BCUT2D eigenvalue weighted by atomic mass is 10.1. The number of amides is 1. The number of fused-ring (bicyclic) bond motifs is 1. The lowest BCUT2D eigenvalue weighted by Gasteiger charge is -2.14. The minimum absolute atomic E-state index is 0.109. The number of nitrogens with one attached hydrogen (secondary N) is 1. The van der Waals surface area contributed by atoms with Crippen LogP contribution in [0.1, 0.15) is 22.8 Å². The minimum Gasteiger partial charge on any atom is -0.398 e. The monoisotopic (exact) mass is 321 g/mol. The Bertz CT molecular complexity index is 946. The van der Waals surface area contributed by atoms with Crippen LogP contribution < -0.4 is 16.5 Å². The van der Waals surface area contributed by atoms with Gasteiger partial charge in [-0.25, -0.2) is 0 Å². The van der Waals surface area contributed by atoms with Crippen LogP contribution >= 0.6 is 0 Å². The summed E-state index contributed by atoms with van der Waals surface area (Å²) in [5, 5.41) is 3.07. The average Bonchev–Trinajstić information content (AvgIpc) is 2.58. The first-order valence-corrected chi connectivity index (χ1v) is 7.85. The molecule has 0 aliphatic rings. The molecule has 0 aliphatic carbocycles. The Balaban J connectivity index is 2.24. The van der Waals surface area contributed by atoms with E-state index >= 15 is 0 Å². The largest absolute Gasteiger partial charge is 0.398 e. The van der Waals surface area contributed by atoms with Gasteiger partial charge in [0.1, 0.15) is 5.56 Å². The first-order chi connectivity index (χ1) is 11.6. The topological polar surface area (TPSA) is 77.1 Å². The molecule has 1 heterocycles. The maximum Gasteiger partial charge on any atom is 0.256 e. The van der Waals surface area contributed by atoms with Gasteiger partial charge in [0.05, 0.1) is 10.9 Å². The first kappa shape index (κ1) is 15.8. The summed E-state index contributed by atoms with van der Waals surface area (Å²) in [6.45, 7) is 2.82. The van der Waals surface area contributed by atoms with Crippen molar-refractivity contribution < 1.29 is 4.79 Å². The predicted molar refractivity (Wildman–Crippen MR) is 96.2 cm³/mol. The highest BCUT2D eigenvalue weighted by molar-refractivity contribution is 6.00. The molecule has 0 aliphatic heterocycles. The van der Waals surface area contributed by atoms with Crippen molar-refractivity contribution in [3.8, 4) is 0 Å². The fraction of sp³-hybridized carbons (Fsp3) is 0.158.